The van der Waals surface area contributed by atoms with E-state index in [1.165, 1.54) is 13.5 Å². The maximum Gasteiger partial charge on any atom is 0.414 e. The van der Waals surface area contributed by atoms with Crippen LogP contribution in [0.3, 0.4) is 0 Å². The Hall–Kier alpha value is -3.23. The predicted octanol–water partition coefficient (Wildman–Crippen LogP) is 6.35. The third kappa shape index (κ3) is 5.58. The van der Waals surface area contributed by atoms with E-state index < -0.39 is 5.60 Å². The molecule has 1 aromatic carbocycles. The van der Waals surface area contributed by atoms with Gasteiger partial charge in [0.25, 0.3) is 0 Å². The van der Waals surface area contributed by atoms with Crippen LogP contribution in [0.2, 0.25) is 0 Å². The van der Waals surface area contributed by atoms with Crippen molar-refractivity contribution in [2.75, 3.05) is 18.6 Å². The van der Waals surface area contributed by atoms with Gasteiger partial charge in [-0.05, 0) is 91.7 Å². The smallest absolute Gasteiger partial charge is 0.414 e. The molecule has 5 rings (SSSR count). The molecule has 3 atom stereocenters. The lowest BCUT2D eigenvalue weighted by Crippen LogP contribution is -2.47. The van der Waals surface area contributed by atoms with E-state index in [1.807, 2.05) is 42.6 Å². The van der Waals surface area contributed by atoms with Crippen LogP contribution in [0, 0.1) is 0 Å². The monoisotopic (exact) mass is 538 g/mol. The molecule has 0 bridgehead atoms. The van der Waals surface area contributed by atoms with E-state index in [-0.39, 0.29) is 36.4 Å². The van der Waals surface area contributed by atoms with E-state index in [9.17, 15) is 9.59 Å². The molecule has 2 amide bonds. The maximum absolute atomic E-state index is 12.7. The van der Waals surface area contributed by atoms with Gasteiger partial charge >= 0.3 is 12.2 Å². The number of anilines is 1. The number of aromatic nitrogens is 2. The number of ether oxygens (including phenoxy) is 3. The van der Waals surface area contributed by atoms with Gasteiger partial charge in [0, 0.05) is 41.5 Å². The highest BCUT2D eigenvalue weighted by Gasteiger charge is 2.35. The second kappa shape index (κ2) is 10.7. The Labute approximate surface area is 231 Å². The molecule has 1 saturated carbocycles. The van der Waals surface area contributed by atoms with E-state index in [2.05, 4.69) is 26.1 Å². The standard InChI is InChI=1S/C30H42N4O5/c1-19-10-11-25-26(34(19)29(36)37-6)13-12-24(27(25)38-23-8-7-9-23)21-17-31-33(18-21)22-14-15-32(20(2)16-22)28(35)39-30(3,4)5/h12-13,17-20,22-23H,7-11,14-16H2,1-6H3/t19?,20-,22+/m0/s1. The highest BCUT2D eigenvalue weighted by Crippen LogP contribution is 2.45. The summed E-state index contributed by atoms with van der Waals surface area (Å²) in [6.45, 7) is 10.4. The number of methoxy groups -OCH3 is 1. The molecule has 2 fully saturated rings. The number of hydrogen-bond donors (Lipinski definition) is 0. The molecule has 0 N–H and O–H groups in total. The van der Waals surface area contributed by atoms with Crippen LogP contribution in [0.15, 0.2) is 24.5 Å². The summed E-state index contributed by atoms with van der Waals surface area (Å²) in [5, 5.41) is 4.76. The molecule has 1 aliphatic carbocycles. The summed E-state index contributed by atoms with van der Waals surface area (Å²) in [6.07, 6.45) is 10.2. The molecule has 1 unspecified atom stereocenters. The minimum atomic E-state index is -0.509. The molecule has 3 aliphatic rings. The number of likely N-dealkylation sites (tertiary alicyclic amines) is 1. The molecule has 1 saturated heterocycles. The van der Waals surface area contributed by atoms with E-state index in [1.54, 1.807) is 4.90 Å². The quantitative estimate of drug-likeness (QED) is 0.451. The number of rotatable bonds is 4. The minimum absolute atomic E-state index is 0.0544. The summed E-state index contributed by atoms with van der Waals surface area (Å²) in [4.78, 5) is 28.9. The van der Waals surface area contributed by atoms with E-state index in [0.717, 1.165) is 66.7 Å². The van der Waals surface area contributed by atoms with Gasteiger partial charge in [0.2, 0.25) is 0 Å². The Morgan fingerprint density at radius 2 is 1.79 bits per heavy atom. The van der Waals surface area contributed by atoms with Crippen LogP contribution in [0.25, 0.3) is 11.1 Å². The van der Waals surface area contributed by atoms with Gasteiger partial charge in [0.05, 0.1) is 31.1 Å². The summed E-state index contributed by atoms with van der Waals surface area (Å²) >= 11 is 0. The lowest BCUT2D eigenvalue weighted by Gasteiger charge is -2.38. The molecule has 9 nitrogen and oxygen atoms in total. The van der Waals surface area contributed by atoms with Crippen molar-refractivity contribution in [2.24, 2.45) is 0 Å². The van der Waals surface area contributed by atoms with Gasteiger partial charge in [-0.2, -0.15) is 5.10 Å². The highest BCUT2D eigenvalue weighted by molar-refractivity contribution is 5.92. The van der Waals surface area contributed by atoms with Gasteiger partial charge in [-0.3, -0.25) is 9.58 Å². The van der Waals surface area contributed by atoms with Gasteiger partial charge in [0.15, 0.2) is 0 Å². The van der Waals surface area contributed by atoms with Crippen LogP contribution in [0.5, 0.6) is 5.75 Å². The molecule has 3 heterocycles. The second-order valence-electron chi connectivity index (χ2n) is 12.2. The van der Waals surface area contributed by atoms with E-state index in [4.69, 9.17) is 19.3 Å². The molecular formula is C30H42N4O5. The van der Waals surface area contributed by atoms with Gasteiger partial charge in [-0.15, -0.1) is 0 Å². The molecule has 39 heavy (non-hydrogen) atoms. The average molecular weight is 539 g/mol. The predicted molar refractivity (Wildman–Crippen MR) is 149 cm³/mol. The Kier molecular flexibility index (Phi) is 7.53. The zero-order chi connectivity index (χ0) is 27.9. The largest absolute Gasteiger partial charge is 0.489 e. The fourth-order valence-electron chi connectivity index (χ4n) is 5.85. The first kappa shape index (κ1) is 27.3. The summed E-state index contributed by atoms with van der Waals surface area (Å²) in [6, 6.07) is 4.37. The van der Waals surface area contributed by atoms with Crippen molar-refractivity contribution < 1.29 is 23.8 Å². The lowest BCUT2D eigenvalue weighted by atomic mass is 9.91. The maximum atomic E-state index is 12.7. The van der Waals surface area contributed by atoms with Crippen LogP contribution in [0.1, 0.15) is 84.7 Å². The zero-order valence-electron chi connectivity index (χ0n) is 24.1. The van der Waals surface area contributed by atoms with Crippen molar-refractivity contribution >= 4 is 17.9 Å². The van der Waals surface area contributed by atoms with Crippen molar-refractivity contribution in [3.8, 4) is 16.9 Å². The fourth-order valence-corrected chi connectivity index (χ4v) is 5.85. The number of amides is 2. The number of benzene rings is 1. The number of fused-ring (bicyclic) bond motifs is 1. The first-order valence-electron chi connectivity index (χ1n) is 14.3. The van der Waals surface area contributed by atoms with Crippen molar-refractivity contribution in [3.63, 3.8) is 0 Å². The summed E-state index contributed by atoms with van der Waals surface area (Å²) in [5.74, 6) is 0.866. The molecule has 9 heteroatoms. The Morgan fingerprint density at radius 3 is 2.44 bits per heavy atom. The third-order valence-corrected chi connectivity index (χ3v) is 8.22. The van der Waals surface area contributed by atoms with Crippen LogP contribution in [-0.4, -0.2) is 64.3 Å². The minimum Gasteiger partial charge on any atom is -0.489 e. The zero-order valence-corrected chi connectivity index (χ0v) is 24.1. The fraction of sp³-hybridized carbons (Fsp3) is 0.633. The van der Waals surface area contributed by atoms with Crippen LogP contribution in [-0.2, 0) is 15.9 Å². The molecule has 2 aliphatic heterocycles. The van der Waals surface area contributed by atoms with Crippen molar-refractivity contribution in [1.29, 1.82) is 0 Å². The van der Waals surface area contributed by atoms with Crippen molar-refractivity contribution in [1.82, 2.24) is 14.7 Å². The first-order valence-corrected chi connectivity index (χ1v) is 14.3. The first-order chi connectivity index (χ1) is 18.6. The summed E-state index contributed by atoms with van der Waals surface area (Å²) in [7, 11) is 1.43. The Morgan fingerprint density at radius 1 is 1.03 bits per heavy atom. The van der Waals surface area contributed by atoms with Crippen LogP contribution >= 0.6 is 0 Å². The van der Waals surface area contributed by atoms with E-state index in [0.29, 0.717) is 6.54 Å². The summed E-state index contributed by atoms with van der Waals surface area (Å²) in [5.41, 5.74) is 3.43. The van der Waals surface area contributed by atoms with Crippen molar-refractivity contribution in [2.45, 2.75) is 109 Å². The van der Waals surface area contributed by atoms with Gasteiger partial charge in [-0.1, -0.05) is 0 Å². The molecular weight excluding hydrogens is 496 g/mol. The normalized spacial score (nSPS) is 23.6. The SMILES string of the molecule is COC(=O)N1c2ccc(-c3cnn([C@@H]4CCN(C(=O)OC(C)(C)C)[C@@H](C)C4)c3)c(OC3CCC3)c2CCC1C. The second-order valence-corrected chi connectivity index (χ2v) is 12.2. The number of piperidine rings is 1. The number of carbonyl (C=O) groups excluding carboxylic acids is 2. The van der Waals surface area contributed by atoms with Gasteiger partial charge in [-0.25, -0.2) is 9.59 Å². The number of nitrogens with zero attached hydrogens (tertiary/aromatic N) is 4. The van der Waals surface area contributed by atoms with Crippen LogP contribution in [0.4, 0.5) is 15.3 Å². The number of carbonyl (C=O) groups is 2. The topological polar surface area (TPSA) is 86.1 Å². The van der Waals surface area contributed by atoms with Gasteiger partial charge < -0.3 is 19.1 Å². The molecule has 212 valence electrons. The third-order valence-electron chi connectivity index (χ3n) is 8.22. The summed E-state index contributed by atoms with van der Waals surface area (Å²) < 4.78 is 19.4. The van der Waals surface area contributed by atoms with Crippen LogP contribution < -0.4 is 9.64 Å². The molecule has 2 aromatic rings. The molecule has 0 spiro atoms. The lowest BCUT2D eigenvalue weighted by molar-refractivity contribution is 0.00729. The molecule has 0 radical (unpaired) electrons. The average Bonchev–Trinajstić information content (AvgIpc) is 3.34. The number of hydrogen-bond acceptors (Lipinski definition) is 6. The van der Waals surface area contributed by atoms with Gasteiger partial charge in [0.1, 0.15) is 11.4 Å². The van der Waals surface area contributed by atoms with Crippen molar-refractivity contribution in [3.05, 3.63) is 30.1 Å². The molecule has 1 aromatic heterocycles. The Bertz CT molecular complexity index is 1210. The highest BCUT2D eigenvalue weighted by atomic mass is 16.6. The van der Waals surface area contributed by atoms with E-state index >= 15 is 0 Å². The Balaban J connectivity index is 1.40.